The van der Waals surface area contributed by atoms with Crippen molar-refractivity contribution in [2.24, 2.45) is 0 Å². The van der Waals surface area contributed by atoms with Gasteiger partial charge in [-0.15, -0.1) is 0 Å². The maximum Gasteiger partial charge on any atom is 0.150 e. The zero-order chi connectivity index (χ0) is 14.1. The number of nitrogens with zero attached hydrogens (tertiary/aromatic N) is 3. The summed E-state index contributed by atoms with van der Waals surface area (Å²) in [6, 6.07) is 14.3. The minimum atomic E-state index is 0.0389. The summed E-state index contributed by atoms with van der Waals surface area (Å²) < 4.78 is 7.81. The van der Waals surface area contributed by atoms with Crippen molar-refractivity contribution in [2.45, 2.75) is 25.5 Å². The highest BCUT2D eigenvalue weighted by atomic mass is 16.5. The van der Waals surface area contributed by atoms with E-state index in [1.807, 2.05) is 35.1 Å². The molecule has 1 atom stereocenters. The second-order valence-electron chi connectivity index (χ2n) is 5.37. The Hall–Kier alpha value is -2.20. The molecule has 0 amide bonds. The van der Waals surface area contributed by atoms with Crippen LogP contribution in [0.2, 0.25) is 0 Å². The fourth-order valence-corrected chi connectivity index (χ4v) is 2.87. The van der Waals surface area contributed by atoms with Crippen molar-refractivity contribution in [3.05, 3.63) is 48.7 Å². The number of para-hydroxylation sites is 1. The SMILES string of the molecule is c1ccc2nc(-c3ccnn3C3CCCCO3)ccc2c1. The van der Waals surface area contributed by atoms with E-state index in [1.54, 1.807) is 0 Å². The summed E-state index contributed by atoms with van der Waals surface area (Å²) in [5, 5.41) is 5.60. The predicted octanol–water partition coefficient (Wildman–Crippen LogP) is 3.80. The molecule has 1 aromatic carbocycles. The smallest absolute Gasteiger partial charge is 0.150 e. The highest BCUT2D eigenvalue weighted by Crippen LogP contribution is 2.28. The fourth-order valence-electron chi connectivity index (χ4n) is 2.87. The Morgan fingerprint density at radius 2 is 2.00 bits per heavy atom. The summed E-state index contributed by atoms with van der Waals surface area (Å²) in [6.45, 7) is 0.815. The molecule has 106 valence electrons. The van der Waals surface area contributed by atoms with Crippen molar-refractivity contribution >= 4 is 10.9 Å². The van der Waals surface area contributed by atoms with Gasteiger partial charge in [-0.1, -0.05) is 24.3 Å². The van der Waals surface area contributed by atoms with Gasteiger partial charge in [-0.3, -0.25) is 0 Å². The first-order valence-corrected chi connectivity index (χ1v) is 7.43. The normalized spacial score (nSPS) is 19.0. The lowest BCUT2D eigenvalue weighted by molar-refractivity contribution is -0.0384. The maximum absolute atomic E-state index is 5.84. The molecule has 1 aliphatic rings. The van der Waals surface area contributed by atoms with Gasteiger partial charge >= 0.3 is 0 Å². The number of fused-ring (bicyclic) bond motifs is 1. The van der Waals surface area contributed by atoms with Gasteiger partial charge in [0.1, 0.15) is 0 Å². The second-order valence-corrected chi connectivity index (χ2v) is 5.37. The third-order valence-corrected chi connectivity index (χ3v) is 3.96. The Labute approximate surface area is 123 Å². The highest BCUT2D eigenvalue weighted by molar-refractivity contribution is 5.80. The lowest BCUT2D eigenvalue weighted by atomic mass is 10.1. The summed E-state index contributed by atoms with van der Waals surface area (Å²) in [5.74, 6) is 0. The van der Waals surface area contributed by atoms with Crippen LogP contribution in [0.25, 0.3) is 22.3 Å². The monoisotopic (exact) mass is 279 g/mol. The van der Waals surface area contributed by atoms with Crippen molar-refractivity contribution in [2.75, 3.05) is 6.61 Å². The number of aromatic nitrogens is 3. The minimum Gasteiger partial charge on any atom is -0.356 e. The van der Waals surface area contributed by atoms with Gasteiger partial charge in [-0.05, 0) is 37.5 Å². The molecule has 0 N–H and O–H groups in total. The number of hydrogen-bond acceptors (Lipinski definition) is 3. The van der Waals surface area contributed by atoms with Crippen LogP contribution in [0.4, 0.5) is 0 Å². The average Bonchev–Trinajstić information content (AvgIpc) is 3.05. The van der Waals surface area contributed by atoms with Gasteiger partial charge in [0.05, 0.1) is 16.9 Å². The van der Waals surface area contributed by atoms with E-state index in [4.69, 9.17) is 9.72 Å². The Morgan fingerprint density at radius 1 is 1.05 bits per heavy atom. The molecule has 0 radical (unpaired) electrons. The van der Waals surface area contributed by atoms with E-state index >= 15 is 0 Å². The van der Waals surface area contributed by atoms with Crippen LogP contribution in [0.3, 0.4) is 0 Å². The number of benzene rings is 1. The standard InChI is InChI=1S/C17H17N3O/c1-2-6-14-13(5-1)8-9-15(19-14)16-10-11-18-20(16)17-7-3-4-12-21-17/h1-2,5-6,8-11,17H,3-4,7,12H2. The molecular weight excluding hydrogens is 262 g/mol. The van der Waals surface area contributed by atoms with E-state index in [1.165, 1.54) is 6.42 Å². The lowest BCUT2D eigenvalue weighted by Gasteiger charge is -2.24. The van der Waals surface area contributed by atoms with E-state index < -0.39 is 0 Å². The summed E-state index contributed by atoms with van der Waals surface area (Å²) in [4.78, 5) is 4.76. The molecule has 1 fully saturated rings. The number of rotatable bonds is 2. The van der Waals surface area contributed by atoms with Gasteiger partial charge in [0, 0.05) is 18.2 Å². The molecule has 0 saturated carbocycles. The highest BCUT2D eigenvalue weighted by Gasteiger charge is 2.20. The van der Waals surface area contributed by atoms with Crippen LogP contribution in [-0.2, 0) is 4.74 Å². The molecule has 21 heavy (non-hydrogen) atoms. The quantitative estimate of drug-likeness (QED) is 0.716. The minimum absolute atomic E-state index is 0.0389. The van der Waals surface area contributed by atoms with Crippen LogP contribution in [-0.4, -0.2) is 21.4 Å². The van der Waals surface area contributed by atoms with E-state index in [0.29, 0.717) is 0 Å². The number of hydrogen-bond donors (Lipinski definition) is 0. The van der Waals surface area contributed by atoms with E-state index in [9.17, 15) is 0 Å². The largest absolute Gasteiger partial charge is 0.356 e. The predicted molar refractivity (Wildman–Crippen MR) is 81.8 cm³/mol. The number of ether oxygens (including phenoxy) is 1. The molecule has 3 heterocycles. The first-order chi connectivity index (χ1) is 10.4. The first-order valence-electron chi connectivity index (χ1n) is 7.43. The van der Waals surface area contributed by atoms with E-state index in [0.717, 1.165) is 41.7 Å². The third kappa shape index (κ3) is 2.32. The summed E-state index contributed by atoms with van der Waals surface area (Å²) in [6.07, 6.45) is 5.21. The Morgan fingerprint density at radius 3 is 2.90 bits per heavy atom. The topological polar surface area (TPSA) is 39.9 Å². The van der Waals surface area contributed by atoms with Crippen LogP contribution in [0.1, 0.15) is 25.5 Å². The molecule has 1 saturated heterocycles. The van der Waals surface area contributed by atoms with Crippen LogP contribution in [0, 0.1) is 0 Å². The van der Waals surface area contributed by atoms with Gasteiger partial charge < -0.3 is 4.74 Å². The zero-order valence-electron chi connectivity index (χ0n) is 11.8. The molecule has 4 heteroatoms. The summed E-state index contributed by atoms with van der Waals surface area (Å²) in [7, 11) is 0. The molecule has 1 aliphatic heterocycles. The van der Waals surface area contributed by atoms with E-state index in [-0.39, 0.29) is 6.23 Å². The molecule has 0 aliphatic carbocycles. The fraction of sp³-hybridized carbons (Fsp3) is 0.294. The summed E-state index contributed by atoms with van der Waals surface area (Å²) in [5.41, 5.74) is 2.97. The van der Waals surface area contributed by atoms with Crippen molar-refractivity contribution < 1.29 is 4.74 Å². The Kier molecular flexibility index (Phi) is 3.16. The van der Waals surface area contributed by atoms with Crippen molar-refractivity contribution in [3.8, 4) is 11.4 Å². The van der Waals surface area contributed by atoms with Crippen molar-refractivity contribution in [1.29, 1.82) is 0 Å². The Bertz CT molecular complexity index is 759. The molecular formula is C17H17N3O. The second kappa shape index (κ2) is 5.30. The molecule has 3 aromatic rings. The van der Waals surface area contributed by atoms with Crippen LogP contribution >= 0.6 is 0 Å². The molecule has 1 unspecified atom stereocenters. The summed E-state index contributed by atoms with van der Waals surface area (Å²) >= 11 is 0. The van der Waals surface area contributed by atoms with Gasteiger partial charge in [-0.25, -0.2) is 9.67 Å². The first kappa shape index (κ1) is 12.5. The van der Waals surface area contributed by atoms with Crippen LogP contribution < -0.4 is 0 Å². The van der Waals surface area contributed by atoms with Gasteiger partial charge in [0.15, 0.2) is 6.23 Å². The van der Waals surface area contributed by atoms with E-state index in [2.05, 4.69) is 23.3 Å². The Balaban J connectivity index is 1.76. The van der Waals surface area contributed by atoms with Crippen molar-refractivity contribution in [1.82, 2.24) is 14.8 Å². The molecule has 0 bridgehead atoms. The number of pyridine rings is 1. The lowest BCUT2D eigenvalue weighted by Crippen LogP contribution is -2.20. The maximum atomic E-state index is 5.84. The zero-order valence-corrected chi connectivity index (χ0v) is 11.8. The van der Waals surface area contributed by atoms with Gasteiger partial charge in [0.2, 0.25) is 0 Å². The molecule has 4 rings (SSSR count). The van der Waals surface area contributed by atoms with Gasteiger partial charge in [-0.2, -0.15) is 5.10 Å². The molecule has 4 nitrogen and oxygen atoms in total. The molecule has 2 aromatic heterocycles. The third-order valence-electron chi connectivity index (χ3n) is 3.96. The average molecular weight is 279 g/mol. The van der Waals surface area contributed by atoms with Crippen LogP contribution in [0.15, 0.2) is 48.7 Å². The van der Waals surface area contributed by atoms with Crippen molar-refractivity contribution in [3.63, 3.8) is 0 Å². The van der Waals surface area contributed by atoms with Crippen LogP contribution in [0.5, 0.6) is 0 Å². The molecule has 0 spiro atoms. The van der Waals surface area contributed by atoms with Gasteiger partial charge in [0.25, 0.3) is 0 Å².